The first-order valence-electron chi connectivity index (χ1n) is 5.84. The molecule has 0 aliphatic rings. The Bertz CT molecular complexity index is 324. The lowest BCUT2D eigenvalue weighted by atomic mass is 10.4. The van der Waals surface area contributed by atoms with Gasteiger partial charge in [-0.25, -0.2) is 8.42 Å². The molecule has 0 unspecified atom stereocenters. The molecule has 0 amide bonds. The van der Waals surface area contributed by atoms with E-state index >= 15 is 0 Å². The van der Waals surface area contributed by atoms with E-state index in [2.05, 4.69) is 4.74 Å². The van der Waals surface area contributed by atoms with Crippen LogP contribution in [0.1, 0.15) is 27.2 Å². The second-order valence-corrected chi connectivity index (χ2v) is 6.85. The Hall–Kier alpha value is -0.620. The summed E-state index contributed by atoms with van der Waals surface area (Å²) >= 11 is 0. The van der Waals surface area contributed by atoms with Crippen LogP contribution >= 0.6 is 0 Å². The minimum Gasteiger partial charge on any atom is -0.469 e. The number of rotatable bonds is 8. The highest BCUT2D eigenvalue weighted by atomic mass is 32.2. The van der Waals surface area contributed by atoms with Gasteiger partial charge in [0.15, 0.2) is 9.84 Å². The first-order chi connectivity index (χ1) is 7.83. The van der Waals surface area contributed by atoms with Crippen molar-refractivity contribution in [3.8, 4) is 0 Å². The number of nitrogens with zero attached hydrogens (tertiary/aromatic N) is 1. The fraction of sp³-hybridized carbons (Fsp3) is 0.909. The minimum atomic E-state index is -3.01. The number of carbonyl (C=O) groups is 1. The molecular weight excluding hydrogens is 242 g/mol. The van der Waals surface area contributed by atoms with Gasteiger partial charge in [-0.1, -0.05) is 6.92 Å². The number of sulfone groups is 1. The van der Waals surface area contributed by atoms with Gasteiger partial charge < -0.3 is 9.64 Å². The molecule has 0 N–H and O–H groups in total. The van der Waals surface area contributed by atoms with E-state index in [4.69, 9.17) is 0 Å². The van der Waals surface area contributed by atoms with Crippen molar-refractivity contribution in [2.45, 2.75) is 32.4 Å². The molecule has 0 aromatic carbocycles. The number of hydrogen-bond acceptors (Lipinski definition) is 5. The molecule has 0 atom stereocenters. The van der Waals surface area contributed by atoms with E-state index in [1.54, 1.807) is 13.8 Å². The molecule has 102 valence electrons. The van der Waals surface area contributed by atoms with Crippen LogP contribution < -0.4 is 0 Å². The van der Waals surface area contributed by atoms with Gasteiger partial charge in [0.25, 0.3) is 0 Å². The molecule has 0 saturated heterocycles. The molecule has 0 heterocycles. The number of hydrogen-bond donors (Lipinski definition) is 0. The number of esters is 1. The zero-order chi connectivity index (χ0) is 13.5. The average molecular weight is 265 g/mol. The van der Waals surface area contributed by atoms with Gasteiger partial charge in [-0.3, -0.25) is 4.79 Å². The fourth-order valence-electron chi connectivity index (χ4n) is 1.27. The quantitative estimate of drug-likeness (QED) is 0.604. The molecule has 0 aliphatic heterocycles. The Morgan fingerprint density at radius 2 is 1.88 bits per heavy atom. The Morgan fingerprint density at radius 1 is 1.29 bits per heavy atom. The SMILES string of the molecule is CCN(CCC(=O)OC)CCS(=O)(=O)C(C)C. The third-order valence-corrected chi connectivity index (χ3v) is 4.91. The van der Waals surface area contributed by atoms with Crippen LogP contribution in [0.15, 0.2) is 0 Å². The van der Waals surface area contributed by atoms with Crippen molar-refractivity contribution in [1.29, 1.82) is 0 Å². The van der Waals surface area contributed by atoms with Crippen LogP contribution in [0.25, 0.3) is 0 Å². The fourth-order valence-corrected chi connectivity index (χ4v) is 2.26. The highest BCUT2D eigenvalue weighted by molar-refractivity contribution is 7.92. The van der Waals surface area contributed by atoms with Gasteiger partial charge in [-0.15, -0.1) is 0 Å². The molecule has 6 heteroatoms. The van der Waals surface area contributed by atoms with Crippen LogP contribution in [0.5, 0.6) is 0 Å². The normalized spacial score (nSPS) is 12.1. The standard InChI is InChI=1S/C11H23NO4S/c1-5-12(7-6-11(13)16-4)8-9-17(14,15)10(2)3/h10H,5-9H2,1-4H3. The maximum absolute atomic E-state index is 11.6. The van der Waals surface area contributed by atoms with Crippen molar-refractivity contribution in [3.05, 3.63) is 0 Å². The maximum atomic E-state index is 11.6. The predicted molar refractivity (Wildman–Crippen MR) is 67.7 cm³/mol. The lowest BCUT2D eigenvalue weighted by Crippen LogP contribution is -2.33. The van der Waals surface area contributed by atoms with Gasteiger partial charge in [-0.05, 0) is 20.4 Å². The summed E-state index contributed by atoms with van der Waals surface area (Å²) in [5.41, 5.74) is 0. The van der Waals surface area contributed by atoms with Crippen molar-refractivity contribution in [2.24, 2.45) is 0 Å². The van der Waals surface area contributed by atoms with E-state index < -0.39 is 9.84 Å². The summed E-state index contributed by atoms with van der Waals surface area (Å²) in [5.74, 6) is -0.130. The molecule has 0 saturated carbocycles. The van der Waals surface area contributed by atoms with E-state index in [1.807, 2.05) is 11.8 Å². The zero-order valence-corrected chi connectivity index (χ0v) is 11.9. The first-order valence-corrected chi connectivity index (χ1v) is 7.55. The van der Waals surface area contributed by atoms with E-state index in [0.717, 1.165) is 6.54 Å². The summed E-state index contributed by atoms with van der Waals surface area (Å²) in [5, 5.41) is -0.346. The van der Waals surface area contributed by atoms with Crippen molar-refractivity contribution in [1.82, 2.24) is 4.90 Å². The van der Waals surface area contributed by atoms with Crippen molar-refractivity contribution in [3.63, 3.8) is 0 Å². The minimum absolute atomic E-state index is 0.139. The van der Waals surface area contributed by atoms with Gasteiger partial charge in [-0.2, -0.15) is 0 Å². The molecule has 0 rings (SSSR count). The second-order valence-electron chi connectivity index (χ2n) is 4.18. The van der Waals surface area contributed by atoms with E-state index in [0.29, 0.717) is 19.5 Å². The largest absolute Gasteiger partial charge is 0.469 e. The molecule has 17 heavy (non-hydrogen) atoms. The van der Waals surface area contributed by atoms with Crippen LogP contribution in [0.2, 0.25) is 0 Å². The molecule has 5 nitrogen and oxygen atoms in total. The van der Waals surface area contributed by atoms with E-state index in [-0.39, 0.29) is 17.0 Å². The second kappa shape index (κ2) is 7.66. The van der Waals surface area contributed by atoms with Gasteiger partial charge in [0.2, 0.25) is 0 Å². The van der Waals surface area contributed by atoms with E-state index in [1.165, 1.54) is 7.11 Å². The monoisotopic (exact) mass is 265 g/mol. The summed E-state index contributed by atoms with van der Waals surface area (Å²) < 4.78 is 27.8. The third kappa shape index (κ3) is 6.63. The predicted octanol–water partition coefficient (Wildman–Crippen LogP) is 0.695. The summed E-state index contributed by atoms with van der Waals surface area (Å²) in [6, 6.07) is 0. The molecule has 0 aromatic heterocycles. The van der Waals surface area contributed by atoms with Crippen LogP contribution in [-0.4, -0.2) is 57.0 Å². The topological polar surface area (TPSA) is 63.7 Å². The molecule has 0 aliphatic carbocycles. The molecule has 0 radical (unpaired) electrons. The van der Waals surface area contributed by atoms with Crippen LogP contribution in [0, 0.1) is 0 Å². The van der Waals surface area contributed by atoms with Crippen LogP contribution in [-0.2, 0) is 19.4 Å². The van der Waals surface area contributed by atoms with E-state index in [9.17, 15) is 13.2 Å². The highest BCUT2D eigenvalue weighted by Gasteiger charge is 2.17. The first kappa shape index (κ1) is 16.4. The van der Waals surface area contributed by atoms with Crippen molar-refractivity contribution < 1.29 is 17.9 Å². The van der Waals surface area contributed by atoms with Gasteiger partial charge in [0.05, 0.1) is 24.5 Å². The highest BCUT2D eigenvalue weighted by Crippen LogP contribution is 2.02. The Labute approximate surface area is 104 Å². The smallest absolute Gasteiger partial charge is 0.306 e. The number of ether oxygens (including phenoxy) is 1. The number of carbonyl (C=O) groups excluding carboxylic acids is 1. The number of methoxy groups -OCH3 is 1. The van der Waals surface area contributed by atoms with Crippen LogP contribution in [0.3, 0.4) is 0 Å². The molecular formula is C11H23NO4S. The molecule has 0 aromatic rings. The van der Waals surface area contributed by atoms with Gasteiger partial charge in [0.1, 0.15) is 0 Å². The summed E-state index contributed by atoms with van der Waals surface area (Å²) in [6.45, 7) is 7.04. The molecule has 0 bridgehead atoms. The van der Waals surface area contributed by atoms with Gasteiger partial charge >= 0.3 is 5.97 Å². The summed E-state index contributed by atoms with van der Waals surface area (Å²) in [7, 11) is -1.66. The van der Waals surface area contributed by atoms with Crippen LogP contribution in [0.4, 0.5) is 0 Å². The van der Waals surface area contributed by atoms with Crippen molar-refractivity contribution in [2.75, 3.05) is 32.5 Å². The molecule has 0 fully saturated rings. The third-order valence-electron chi connectivity index (χ3n) is 2.72. The lowest BCUT2D eigenvalue weighted by molar-refractivity contribution is -0.140. The lowest BCUT2D eigenvalue weighted by Gasteiger charge is -2.20. The van der Waals surface area contributed by atoms with Gasteiger partial charge in [0, 0.05) is 13.1 Å². The average Bonchev–Trinajstić information content (AvgIpc) is 2.28. The Kier molecular flexibility index (Phi) is 7.38. The Morgan fingerprint density at radius 3 is 2.29 bits per heavy atom. The zero-order valence-electron chi connectivity index (χ0n) is 11.1. The molecule has 0 spiro atoms. The summed E-state index contributed by atoms with van der Waals surface area (Å²) in [6.07, 6.45) is 0.298. The van der Waals surface area contributed by atoms with Crippen molar-refractivity contribution >= 4 is 15.8 Å². The maximum Gasteiger partial charge on any atom is 0.306 e. The summed E-state index contributed by atoms with van der Waals surface area (Å²) in [4.78, 5) is 12.9. The Balaban J connectivity index is 4.11.